The minimum absolute atomic E-state index is 0.261. The van der Waals surface area contributed by atoms with Gasteiger partial charge in [0.2, 0.25) is 0 Å². The number of hydrogen-bond acceptors (Lipinski definition) is 1. The molecule has 1 atom stereocenters. The lowest BCUT2D eigenvalue weighted by molar-refractivity contribution is 0.630. The summed E-state index contributed by atoms with van der Waals surface area (Å²) in [5.74, 6) is 0. The van der Waals surface area contributed by atoms with Crippen LogP contribution in [0.1, 0.15) is 35.2 Å². The van der Waals surface area contributed by atoms with Crippen molar-refractivity contribution in [3.05, 3.63) is 69.2 Å². The topological polar surface area (TPSA) is 12.0 Å². The number of hydrogen-bond donors (Lipinski definition) is 1. The van der Waals surface area contributed by atoms with Crippen molar-refractivity contribution in [3.63, 3.8) is 0 Å². The molecule has 0 spiro atoms. The first-order valence-electron chi connectivity index (χ1n) is 6.68. The first-order valence-corrected chi connectivity index (χ1v) is 7.47. The van der Waals surface area contributed by atoms with Gasteiger partial charge in [0.15, 0.2) is 0 Å². The second-order valence-electron chi connectivity index (χ2n) is 4.91. The normalized spacial score (nSPS) is 12.4. The first kappa shape index (κ1) is 14.3. The van der Waals surface area contributed by atoms with Crippen LogP contribution < -0.4 is 5.32 Å². The SMILES string of the molecule is CCNC(c1cccc(C)c1)c1ccc(Br)c(C)c1. The van der Waals surface area contributed by atoms with E-state index < -0.39 is 0 Å². The quantitative estimate of drug-likeness (QED) is 0.856. The number of halogens is 1. The molecule has 0 radical (unpaired) electrons. The predicted octanol–water partition coefficient (Wildman–Crippen LogP) is 4.76. The van der Waals surface area contributed by atoms with Crippen LogP contribution in [-0.2, 0) is 0 Å². The van der Waals surface area contributed by atoms with E-state index in [2.05, 4.69) is 84.5 Å². The van der Waals surface area contributed by atoms with Crippen molar-refractivity contribution in [1.82, 2.24) is 5.32 Å². The van der Waals surface area contributed by atoms with Gasteiger partial charge in [-0.15, -0.1) is 0 Å². The molecule has 1 nitrogen and oxygen atoms in total. The fourth-order valence-corrected chi connectivity index (χ4v) is 2.58. The van der Waals surface area contributed by atoms with Crippen molar-refractivity contribution in [2.45, 2.75) is 26.8 Å². The molecule has 1 unspecified atom stereocenters. The summed E-state index contributed by atoms with van der Waals surface area (Å²) >= 11 is 3.56. The molecule has 2 aromatic carbocycles. The summed E-state index contributed by atoms with van der Waals surface area (Å²) in [4.78, 5) is 0. The zero-order valence-electron chi connectivity index (χ0n) is 11.7. The molecule has 0 aliphatic rings. The Balaban J connectivity index is 2.42. The lowest BCUT2D eigenvalue weighted by atomic mass is 9.96. The van der Waals surface area contributed by atoms with Crippen LogP contribution in [0.2, 0.25) is 0 Å². The molecule has 0 aromatic heterocycles. The third kappa shape index (κ3) is 3.46. The van der Waals surface area contributed by atoms with Gasteiger partial charge in [-0.05, 0) is 43.1 Å². The van der Waals surface area contributed by atoms with E-state index in [0.717, 1.165) is 11.0 Å². The molecule has 0 saturated heterocycles. The monoisotopic (exact) mass is 317 g/mol. The van der Waals surface area contributed by atoms with E-state index in [-0.39, 0.29) is 6.04 Å². The Labute approximate surface area is 124 Å². The lowest BCUT2D eigenvalue weighted by Crippen LogP contribution is -2.22. The van der Waals surface area contributed by atoms with Gasteiger partial charge in [0, 0.05) is 4.47 Å². The van der Waals surface area contributed by atoms with Crippen molar-refractivity contribution in [1.29, 1.82) is 0 Å². The van der Waals surface area contributed by atoms with Crippen LogP contribution in [0.5, 0.6) is 0 Å². The second-order valence-corrected chi connectivity index (χ2v) is 5.77. The maximum atomic E-state index is 3.57. The van der Waals surface area contributed by atoms with E-state index in [0.29, 0.717) is 0 Å². The zero-order chi connectivity index (χ0) is 13.8. The van der Waals surface area contributed by atoms with E-state index >= 15 is 0 Å². The van der Waals surface area contributed by atoms with E-state index in [1.807, 2.05) is 0 Å². The molecule has 100 valence electrons. The van der Waals surface area contributed by atoms with Crippen molar-refractivity contribution < 1.29 is 0 Å². The molecular weight excluding hydrogens is 298 g/mol. The molecule has 0 bridgehead atoms. The highest BCUT2D eigenvalue weighted by Crippen LogP contribution is 2.26. The minimum Gasteiger partial charge on any atom is -0.307 e. The van der Waals surface area contributed by atoms with Crippen LogP contribution in [0.3, 0.4) is 0 Å². The highest BCUT2D eigenvalue weighted by molar-refractivity contribution is 9.10. The molecule has 19 heavy (non-hydrogen) atoms. The number of rotatable bonds is 4. The van der Waals surface area contributed by atoms with E-state index in [9.17, 15) is 0 Å². The summed E-state index contributed by atoms with van der Waals surface area (Å²) in [6.07, 6.45) is 0. The van der Waals surface area contributed by atoms with Gasteiger partial charge in [-0.3, -0.25) is 0 Å². The molecule has 0 aliphatic carbocycles. The van der Waals surface area contributed by atoms with Gasteiger partial charge in [-0.25, -0.2) is 0 Å². The molecule has 0 aliphatic heterocycles. The molecule has 2 rings (SSSR count). The van der Waals surface area contributed by atoms with Crippen LogP contribution in [-0.4, -0.2) is 6.54 Å². The maximum absolute atomic E-state index is 3.57. The van der Waals surface area contributed by atoms with Crippen LogP contribution in [0.4, 0.5) is 0 Å². The lowest BCUT2D eigenvalue weighted by Gasteiger charge is -2.20. The Morgan fingerprint density at radius 3 is 2.42 bits per heavy atom. The van der Waals surface area contributed by atoms with Gasteiger partial charge in [-0.1, -0.05) is 64.8 Å². The fourth-order valence-electron chi connectivity index (χ4n) is 2.33. The van der Waals surface area contributed by atoms with E-state index in [1.54, 1.807) is 0 Å². The minimum atomic E-state index is 0.261. The van der Waals surface area contributed by atoms with Crippen LogP contribution in [0.15, 0.2) is 46.9 Å². The largest absolute Gasteiger partial charge is 0.307 e. The third-order valence-electron chi connectivity index (χ3n) is 3.30. The zero-order valence-corrected chi connectivity index (χ0v) is 13.3. The van der Waals surface area contributed by atoms with E-state index in [1.165, 1.54) is 22.3 Å². The standard InChI is InChI=1S/C17H20BrN/c1-4-19-17(14-7-5-6-12(2)10-14)15-8-9-16(18)13(3)11-15/h5-11,17,19H,4H2,1-3H3. The van der Waals surface area contributed by atoms with Crippen molar-refractivity contribution in [2.24, 2.45) is 0 Å². The van der Waals surface area contributed by atoms with Crippen LogP contribution >= 0.6 is 15.9 Å². The first-order chi connectivity index (χ1) is 9.11. The molecule has 2 heteroatoms. The molecule has 0 fully saturated rings. The molecule has 2 aromatic rings. The Kier molecular flexibility index (Phi) is 4.78. The van der Waals surface area contributed by atoms with Crippen molar-refractivity contribution >= 4 is 15.9 Å². The van der Waals surface area contributed by atoms with Crippen LogP contribution in [0.25, 0.3) is 0 Å². The van der Waals surface area contributed by atoms with Crippen LogP contribution in [0, 0.1) is 13.8 Å². The Hall–Kier alpha value is -1.12. The van der Waals surface area contributed by atoms with Gasteiger partial charge in [0.05, 0.1) is 6.04 Å². The summed E-state index contributed by atoms with van der Waals surface area (Å²) in [6, 6.07) is 15.5. The summed E-state index contributed by atoms with van der Waals surface area (Å²) in [5, 5.41) is 3.57. The maximum Gasteiger partial charge on any atom is 0.0576 e. The average Bonchev–Trinajstić information content (AvgIpc) is 2.39. The third-order valence-corrected chi connectivity index (χ3v) is 4.19. The molecule has 0 amide bonds. The summed E-state index contributed by atoms with van der Waals surface area (Å²) in [5.41, 5.74) is 5.21. The Morgan fingerprint density at radius 2 is 1.79 bits per heavy atom. The number of benzene rings is 2. The van der Waals surface area contributed by atoms with Gasteiger partial charge in [0.1, 0.15) is 0 Å². The predicted molar refractivity (Wildman–Crippen MR) is 85.6 cm³/mol. The highest BCUT2D eigenvalue weighted by atomic mass is 79.9. The van der Waals surface area contributed by atoms with Gasteiger partial charge >= 0.3 is 0 Å². The molecule has 1 N–H and O–H groups in total. The smallest absolute Gasteiger partial charge is 0.0576 e. The summed E-state index contributed by atoms with van der Waals surface area (Å²) < 4.78 is 1.16. The molecule has 0 saturated carbocycles. The highest BCUT2D eigenvalue weighted by Gasteiger charge is 2.13. The molecule has 0 heterocycles. The summed E-state index contributed by atoms with van der Waals surface area (Å²) in [7, 11) is 0. The second kappa shape index (κ2) is 6.36. The average molecular weight is 318 g/mol. The van der Waals surface area contributed by atoms with Crippen molar-refractivity contribution in [2.75, 3.05) is 6.54 Å². The van der Waals surface area contributed by atoms with Gasteiger partial charge < -0.3 is 5.32 Å². The number of nitrogens with one attached hydrogen (secondary N) is 1. The van der Waals surface area contributed by atoms with Gasteiger partial charge in [-0.2, -0.15) is 0 Å². The van der Waals surface area contributed by atoms with Crippen molar-refractivity contribution in [3.8, 4) is 0 Å². The fraction of sp³-hybridized carbons (Fsp3) is 0.294. The Morgan fingerprint density at radius 1 is 1.05 bits per heavy atom. The number of aryl methyl sites for hydroxylation is 2. The summed E-state index contributed by atoms with van der Waals surface area (Å²) in [6.45, 7) is 7.37. The Bertz CT molecular complexity index is 563. The molecular formula is C17H20BrN. The van der Waals surface area contributed by atoms with E-state index in [4.69, 9.17) is 0 Å². The van der Waals surface area contributed by atoms with Gasteiger partial charge in [0.25, 0.3) is 0 Å².